The van der Waals surface area contributed by atoms with Crippen LogP contribution < -0.4 is 5.32 Å². The van der Waals surface area contributed by atoms with Crippen LogP contribution in [0, 0.1) is 0 Å². The van der Waals surface area contributed by atoms with E-state index < -0.39 is 0 Å². The lowest BCUT2D eigenvalue weighted by molar-refractivity contribution is 0.102. The largest absolute Gasteiger partial charge is 0.450 e. The summed E-state index contributed by atoms with van der Waals surface area (Å²) in [4.78, 5) is 32.5. The van der Waals surface area contributed by atoms with Gasteiger partial charge in [-0.25, -0.2) is 9.78 Å². The second-order valence-corrected chi connectivity index (χ2v) is 7.41. The number of ether oxygens (including phenoxy) is 1. The normalized spacial score (nSPS) is 13.3. The number of hydrogen-bond donors (Lipinski definition) is 1. The number of benzene rings is 1. The van der Waals surface area contributed by atoms with Crippen molar-refractivity contribution in [3.05, 3.63) is 40.4 Å². The van der Waals surface area contributed by atoms with E-state index in [1.165, 1.54) is 11.3 Å². The van der Waals surface area contributed by atoms with Gasteiger partial charge in [0, 0.05) is 28.3 Å². The number of thioether (sulfide) groups is 1. The van der Waals surface area contributed by atoms with E-state index in [1.807, 2.05) is 24.5 Å². The molecular weight excluding hydrogens is 358 g/mol. The molecule has 0 fully saturated rings. The number of fused-ring (bicyclic) bond motifs is 1. The van der Waals surface area contributed by atoms with Gasteiger partial charge in [0.2, 0.25) is 0 Å². The van der Waals surface area contributed by atoms with Gasteiger partial charge in [-0.1, -0.05) is 17.4 Å². The van der Waals surface area contributed by atoms with Crippen molar-refractivity contribution in [3.63, 3.8) is 0 Å². The predicted octanol–water partition coefficient (Wildman–Crippen LogP) is 3.63. The van der Waals surface area contributed by atoms with Crippen LogP contribution >= 0.6 is 23.1 Å². The summed E-state index contributed by atoms with van der Waals surface area (Å²) in [6, 6.07) is 7.47. The van der Waals surface area contributed by atoms with Gasteiger partial charge in [0.05, 0.1) is 18.8 Å². The Labute approximate surface area is 154 Å². The Morgan fingerprint density at radius 1 is 1.44 bits per heavy atom. The molecule has 2 heterocycles. The van der Waals surface area contributed by atoms with Gasteiger partial charge in [0.25, 0.3) is 5.91 Å². The number of carbonyl (C=O) groups excluding carboxylic acids is 2. The van der Waals surface area contributed by atoms with Crippen molar-refractivity contribution in [1.82, 2.24) is 9.88 Å². The van der Waals surface area contributed by atoms with E-state index in [0.717, 1.165) is 15.5 Å². The van der Waals surface area contributed by atoms with Crippen LogP contribution in [0.25, 0.3) is 0 Å². The molecule has 0 saturated heterocycles. The van der Waals surface area contributed by atoms with Crippen LogP contribution in [-0.4, -0.2) is 41.3 Å². The van der Waals surface area contributed by atoms with Gasteiger partial charge in [-0.05, 0) is 31.4 Å². The first-order valence-electron chi connectivity index (χ1n) is 7.96. The van der Waals surface area contributed by atoms with E-state index in [0.29, 0.717) is 36.8 Å². The maximum Gasteiger partial charge on any atom is 0.410 e. The number of thiazole rings is 1. The van der Waals surface area contributed by atoms with Gasteiger partial charge in [0.15, 0.2) is 5.13 Å². The summed E-state index contributed by atoms with van der Waals surface area (Å²) in [6.45, 7) is 3.21. The second kappa shape index (κ2) is 7.88. The van der Waals surface area contributed by atoms with Crippen LogP contribution in [0.2, 0.25) is 0 Å². The van der Waals surface area contributed by atoms with Crippen LogP contribution in [-0.2, 0) is 17.7 Å². The third-order valence-electron chi connectivity index (χ3n) is 3.81. The third kappa shape index (κ3) is 4.13. The Balaban J connectivity index is 1.69. The first-order valence-corrected chi connectivity index (χ1v) is 10.0. The SMILES string of the molecule is CCOC(=O)N1CCc2nc(NC(=O)c3cccc(SC)c3)sc2C1. The van der Waals surface area contributed by atoms with E-state index >= 15 is 0 Å². The highest BCUT2D eigenvalue weighted by atomic mass is 32.2. The van der Waals surface area contributed by atoms with Crippen LogP contribution in [0.1, 0.15) is 27.9 Å². The average Bonchev–Trinajstić information content (AvgIpc) is 3.03. The maximum atomic E-state index is 12.4. The molecule has 25 heavy (non-hydrogen) atoms. The highest BCUT2D eigenvalue weighted by Gasteiger charge is 2.25. The highest BCUT2D eigenvalue weighted by molar-refractivity contribution is 7.98. The van der Waals surface area contributed by atoms with Crippen molar-refractivity contribution < 1.29 is 14.3 Å². The van der Waals surface area contributed by atoms with Gasteiger partial charge >= 0.3 is 6.09 Å². The number of aromatic nitrogens is 1. The summed E-state index contributed by atoms with van der Waals surface area (Å²) in [7, 11) is 0. The fourth-order valence-corrected chi connectivity index (χ4v) is 4.03. The zero-order valence-corrected chi connectivity index (χ0v) is 15.7. The maximum absolute atomic E-state index is 12.4. The fourth-order valence-electron chi connectivity index (χ4n) is 2.55. The van der Waals surface area contributed by atoms with Crippen LogP contribution in [0.3, 0.4) is 0 Å². The van der Waals surface area contributed by atoms with Crippen LogP contribution in [0.5, 0.6) is 0 Å². The molecule has 1 aromatic heterocycles. The molecule has 0 spiro atoms. The van der Waals surface area contributed by atoms with Crippen molar-refractivity contribution in [2.24, 2.45) is 0 Å². The van der Waals surface area contributed by atoms with Gasteiger partial charge in [-0.3, -0.25) is 10.1 Å². The summed E-state index contributed by atoms with van der Waals surface area (Å²) in [5.74, 6) is -0.177. The summed E-state index contributed by atoms with van der Waals surface area (Å²) in [6.07, 6.45) is 2.34. The number of rotatable bonds is 4. The molecule has 0 bridgehead atoms. The van der Waals surface area contributed by atoms with E-state index in [4.69, 9.17) is 4.74 Å². The summed E-state index contributed by atoms with van der Waals surface area (Å²) < 4.78 is 5.05. The van der Waals surface area contributed by atoms with E-state index in [2.05, 4.69) is 10.3 Å². The van der Waals surface area contributed by atoms with Gasteiger partial charge < -0.3 is 9.64 Å². The fraction of sp³-hybridized carbons (Fsp3) is 0.353. The van der Waals surface area contributed by atoms with Crippen LogP contribution in [0.15, 0.2) is 29.2 Å². The van der Waals surface area contributed by atoms with E-state index in [-0.39, 0.29) is 12.0 Å². The molecule has 0 unspecified atom stereocenters. The Bertz CT molecular complexity index is 791. The zero-order valence-electron chi connectivity index (χ0n) is 14.1. The number of anilines is 1. The van der Waals surface area contributed by atoms with Crippen molar-refractivity contribution in [2.45, 2.75) is 24.8 Å². The lowest BCUT2D eigenvalue weighted by Gasteiger charge is -2.24. The molecule has 2 aromatic rings. The minimum atomic E-state index is -0.305. The van der Waals surface area contributed by atoms with Gasteiger partial charge in [0.1, 0.15) is 0 Å². The van der Waals surface area contributed by atoms with Gasteiger partial charge in [-0.15, -0.1) is 11.8 Å². The molecule has 0 atom stereocenters. The van der Waals surface area contributed by atoms with Crippen LogP contribution in [0.4, 0.5) is 9.93 Å². The average molecular weight is 377 g/mol. The van der Waals surface area contributed by atoms with Gasteiger partial charge in [-0.2, -0.15) is 0 Å². The molecule has 0 aliphatic carbocycles. The molecule has 1 aliphatic heterocycles. The summed E-state index contributed by atoms with van der Waals surface area (Å²) in [5, 5.41) is 3.43. The summed E-state index contributed by atoms with van der Waals surface area (Å²) in [5.41, 5.74) is 1.55. The standard InChI is InChI=1S/C17H19N3O3S2/c1-3-23-17(22)20-8-7-13-14(10-20)25-16(18-13)19-15(21)11-5-4-6-12(9-11)24-2/h4-6,9H,3,7-8,10H2,1-2H3,(H,18,19,21). The molecule has 2 amide bonds. The highest BCUT2D eigenvalue weighted by Crippen LogP contribution is 2.29. The minimum absolute atomic E-state index is 0.177. The van der Waals surface area contributed by atoms with E-state index in [9.17, 15) is 9.59 Å². The zero-order chi connectivity index (χ0) is 17.8. The monoisotopic (exact) mass is 377 g/mol. The predicted molar refractivity (Wildman–Crippen MR) is 99.4 cm³/mol. The third-order valence-corrected chi connectivity index (χ3v) is 5.53. The van der Waals surface area contributed by atoms with Crippen molar-refractivity contribution in [1.29, 1.82) is 0 Å². The number of carbonyl (C=O) groups is 2. The Hall–Kier alpha value is -2.06. The molecule has 0 saturated carbocycles. The molecule has 3 rings (SSSR count). The number of amides is 2. The molecule has 8 heteroatoms. The topological polar surface area (TPSA) is 71.5 Å². The Morgan fingerprint density at radius 2 is 2.28 bits per heavy atom. The molecule has 132 valence electrons. The molecule has 1 aliphatic rings. The Kier molecular flexibility index (Phi) is 5.60. The first-order chi connectivity index (χ1) is 12.1. The minimum Gasteiger partial charge on any atom is -0.450 e. The lowest BCUT2D eigenvalue weighted by Crippen LogP contribution is -2.35. The quantitative estimate of drug-likeness (QED) is 0.824. The molecule has 1 N–H and O–H groups in total. The molecular formula is C17H19N3O3S2. The summed E-state index contributed by atoms with van der Waals surface area (Å²) >= 11 is 3.00. The van der Waals surface area contributed by atoms with Crippen molar-refractivity contribution in [3.8, 4) is 0 Å². The number of hydrogen-bond acceptors (Lipinski definition) is 6. The lowest BCUT2D eigenvalue weighted by atomic mass is 10.2. The number of nitrogens with zero attached hydrogens (tertiary/aromatic N) is 2. The van der Waals surface area contributed by atoms with Crippen molar-refractivity contribution >= 4 is 40.2 Å². The Morgan fingerprint density at radius 3 is 3.04 bits per heavy atom. The molecule has 0 radical (unpaired) electrons. The second-order valence-electron chi connectivity index (χ2n) is 5.45. The smallest absolute Gasteiger partial charge is 0.410 e. The first kappa shape index (κ1) is 17.8. The molecule has 1 aromatic carbocycles. The van der Waals surface area contributed by atoms with E-state index in [1.54, 1.807) is 29.7 Å². The molecule has 6 nitrogen and oxygen atoms in total. The van der Waals surface area contributed by atoms with Crippen molar-refractivity contribution in [2.75, 3.05) is 24.7 Å². The number of nitrogens with one attached hydrogen (secondary N) is 1.